The minimum Gasteiger partial charge on any atom is -0.361 e. The molecular formula is C10H15N3O2. The van der Waals surface area contributed by atoms with Crippen molar-refractivity contribution in [1.82, 2.24) is 15.8 Å². The number of nitrogens with zero attached hydrogens (tertiary/aromatic N) is 1. The Hall–Kier alpha value is -1.36. The standard InChI is InChI=1S/C10H15N3O2/c1-7-4-9(13-15-7)6-11-5-8-2-3-10(14)12-8/h4,8,11H,2-3,5-6H2,1H3,(H,12,14). The highest BCUT2D eigenvalue weighted by Gasteiger charge is 2.19. The molecule has 2 rings (SSSR count). The van der Waals surface area contributed by atoms with Gasteiger partial charge in [-0.05, 0) is 13.3 Å². The molecule has 82 valence electrons. The Morgan fingerprint density at radius 1 is 1.73 bits per heavy atom. The van der Waals surface area contributed by atoms with Crippen LogP contribution in [0.1, 0.15) is 24.3 Å². The predicted octanol–water partition coefficient (Wildman–Crippen LogP) is 0.351. The lowest BCUT2D eigenvalue weighted by Crippen LogP contribution is -2.35. The molecule has 1 atom stereocenters. The van der Waals surface area contributed by atoms with Crippen molar-refractivity contribution in [2.24, 2.45) is 0 Å². The molecule has 1 aromatic rings. The number of hydrogen-bond acceptors (Lipinski definition) is 4. The summed E-state index contributed by atoms with van der Waals surface area (Å²) in [7, 11) is 0. The molecule has 2 heterocycles. The number of nitrogens with one attached hydrogen (secondary N) is 2. The molecule has 0 radical (unpaired) electrons. The first kappa shape index (κ1) is 10.2. The van der Waals surface area contributed by atoms with Gasteiger partial charge in [-0.3, -0.25) is 4.79 Å². The summed E-state index contributed by atoms with van der Waals surface area (Å²) >= 11 is 0. The summed E-state index contributed by atoms with van der Waals surface area (Å²) in [5, 5.41) is 10.0. The lowest BCUT2D eigenvalue weighted by Gasteiger charge is -2.09. The Balaban J connectivity index is 1.69. The highest BCUT2D eigenvalue weighted by Crippen LogP contribution is 2.05. The Labute approximate surface area is 88.2 Å². The van der Waals surface area contributed by atoms with Crippen LogP contribution >= 0.6 is 0 Å². The third kappa shape index (κ3) is 2.79. The van der Waals surface area contributed by atoms with Gasteiger partial charge in [-0.1, -0.05) is 5.16 Å². The smallest absolute Gasteiger partial charge is 0.220 e. The fourth-order valence-electron chi connectivity index (χ4n) is 1.71. The normalized spacial score (nSPS) is 20.6. The third-order valence-electron chi connectivity index (χ3n) is 2.46. The van der Waals surface area contributed by atoms with Crippen LogP contribution in [-0.4, -0.2) is 23.7 Å². The van der Waals surface area contributed by atoms with Gasteiger partial charge in [0.1, 0.15) is 5.76 Å². The largest absolute Gasteiger partial charge is 0.361 e. The number of carbonyl (C=O) groups excluding carboxylic acids is 1. The van der Waals surface area contributed by atoms with Crippen molar-refractivity contribution < 1.29 is 9.32 Å². The molecule has 1 aromatic heterocycles. The zero-order chi connectivity index (χ0) is 10.7. The van der Waals surface area contributed by atoms with Gasteiger partial charge in [0.15, 0.2) is 0 Å². The maximum absolute atomic E-state index is 10.9. The van der Waals surface area contributed by atoms with Crippen molar-refractivity contribution in [1.29, 1.82) is 0 Å². The fraction of sp³-hybridized carbons (Fsp3) is 0.600. The molecule has 0 bridgehead atoms. The highest BCUT2D eigenvalue weighted by molar-refractivity contribution is 5.78. The maximum Gasteiger partial charge on any atom is 0.220 e. The second-order valence-electron chi connectivity index (χ2n) is 3.86. The lowest BCUT2D eigenvalue weighted by atomic mass is 10.2. The lowest BCUT2D eigenvalue weighted by molar-refractivity contribution is -0.119. The van der Waals surface area contributed by atoms with E-state index in [1.54, 1.807) is 0 Å². The van der Waals surface area contributed by atoms with Gasteiger partial charge in [0.25, 0.3) is 0 Å². The van der Waals surface area contributed by atoms with Crippen LogP contribution in [0.15, 0.2) is 10.6 Å². The molecule has 15 heavy (non-hydrogen) atoms. The van der Waals surface area contributed by atoms with E-state index in [0.29, 0.717) is 13.0 Å². The van der Waals surface area contributed by atoms with Gasteiger partial charge in [-0.25, -0.2) is 0 Å². The van der Waals surface area contributed by atoms with Crippen LogP contribution in [0.5, 0.6) is 0 Å². The summed E-state index contributed by atoms with van der Waals surface area (Å²) in [6.07, 6.45) is 1.57. The molecule has 5 heteroatoms. The first-order valence-electron chi connectivity index (χ1n) is 5.16. The Bertz CT molecular complexity index is 348. The van der Waals surface area contributed by atoms with E-state index >= 15 is 0 Å². The number of aromatic nitrogens is 1. The Morgan fingerprint density at radius 2 is 2.60 bits per heavy atom. The van der Waals surface area contributed by atoms with E-state index in [9.17, 15) is 4.79 Å². The van der Waals surface area contributed by atoms with E-state index < -0.39 is 0 Å². The van der Waals surface area contributed by atoms with Crippen LogP contribution in [-0.2, 0) is 11.3 Å². The van der Waals surface area contributed by atoms with E-state index in [1.807, 2.05) is 13.0 Å². The zero-order valence-corrected chi connectivity index (χ0v) is 8.75. The molecule has 1 aliphatic rings. The van der Waals surface area contributed by atoms with Crippen molar-refractivity contribution in [3.63, 3.8) is 0 Å². The molecule has 0 aromatic carbocycles. The third-order valence-corrected chi connectivity index (χ3v) is 2.46. The fourth-order valence-corrected chi connectivity index (χ4v) is 1.71. The van der Waals surface area contributed by atoms with Crippen LogP contribution < -0.4 is 10.6 Å². The van der Waals surface area contributed by atoms with Gasteiger partial charge in [-0.15, -0.1) is 0 Å². The molecule has 2 N–H and O–H groups in total. The van der Waals surface area contributed by atoms with Gasteiger partial charge < -0.3 is 15.2 Å². The van der Waals surface area contributed by atoms with Crippen LogP contribution in [0.4, 0.5) is 0 Å². The van der Waals surface area contributed by atoms with Crippen molar-refractivity contribution in [2.75, 3.05) is 6.54 Å². The molecule has 0 aliphatic carbocycles. The van der Waals surface area contributed by atoms with E-state index in [0.717, 1.165) is 24.4 Å². The van der Waals surface area contributed by atoms with Crippen molar-refractivity contribution in [3.8, 4) is 0 Å². The van der Waals surface area contributed by atoms with Crippen molar-refractivity contribution in [3.05, 3.63) is 17.5 Å². The SMILES string of the molecule is Cc1cc(CNCC2CCC(=O)N2)no1. The molecule has 1 saturated heterocycles. The van der Waals surface area contributed by atoms with Gasteiger partial charge in [0, 0.05) is 31.6 Å². The minimum atomic E-state index is 0.152. The molecule has 1 fully saturated rings. The van der Waals surface area contributed by atoms with Crippen molar-refractivity contribution in [2.45, 2.75) is 32.4 Å². The van der Waals surface area contributed by atoms with Crippen LogP contribution in [0.2, 0.25) is 0 Å². The first-order chi connectivity index (χ1) is 7.24. The van der Waals surface area contributed by atoms with Gasteiger partial charge in [0.2, 0.25) is 5.91 Å². The summed E-state index contributed by atoms with van der Waals surface area (Å²) < 4.78 is 4.94. The summed E-state index contributed by atoms with van der Waals surface area (Å²) in [6, 6.07) is 2.17. The summed E-state index contributed by atoms with van der Waals surface area (Å²) in [4.78, 5) is 10.9. The number of hydrogen-bond donors (Lipinski definition) is 2. The molecule has 1 unspecified atom stereocenters. The van der Waals surface area contributed by atoms with E-state index in [4.69, 9.17) is 4.52 Å². The second-order valence-corrected chi connectivity index (χ2v) is 3.86. The quantitative estimate of drug-likeness (QED) is 0.751. The Kier molecular flexibility index (Phi) is 3.01. The zero-order valence-electron chi connectivity index (χ0n) is 8.75. The van der Waals surface area contributed by atoms with E-state index in [-0.39, 0.29) is 11.9 Å². The average molecular weight is 209 g/mol. The highest BCUT2D eigenvalue weighted by atomic mass is 16.5. The molecule has 0 saturated carbocycles. The van der Waals surface area contributed by atoms with Crippen LogP contribution in [0, 0.1) is 6.92 Å². The monoisotopic (exact) mass is 209 g/mol. The van der Waals surface area contributed by atoms with Gasteiger partial charge >= 0.3 is 0 Å². The number of aryl methyl sites for hydroxylation is 1. The van der Waals surface area contributed by atoms with Gasteiger partial charge in [0.05, 0.1) is 5.69 Å². The van der Waals surface area contributed by atoms with Crippen LogP contribution in [0.25, 0.3) is 0 Å². The first-order valence-corrected chi connectivity index (χ1v) is 5.16. The predicted molar refractivity (Wildman–Crippen MR) is 54.1 cm³/mol. The Morgan fingerprint density at radius 3 is 3.20 bits per heavy atom. The molecule has 5 nitrogen and oxygen atoms in total. The number of carbonyl (C=O) groups is 1. The topological polar surface area (TPSA) is 67.2 Å². The summed E-state index contributed by atoms with van der Waals surface area (Å²) in [5.41, 5.74) is 0.900. The average Bonchev–Trinajstić information content (AvgIpc) is 2.76. The molecular weight excluding hydrogens is 194 g/mol. The summed E-state index contributed by atoms with van der Waals surface area (Å²) in [5.74, 6) is 0.972. The number of amides is 1. The van der Waals surface area contributed by atoms with Crippen LogP contribution in [0.3, 0.4) is 0 Å². The second kappa shape index (κ2) is 4.44. The molecule has 1 amide bonds. The number of rotatable bonds is 4. The maximum atomic E-state index is 10.9. The summed E-state index contributed by atoms with van der Waals surface area (Å²) in [6.45, 7) is 3.34. The minimum absolute atomic E-state index is 0.152. The molecule has 0 spiro atoms. The van der Waals surface area contributed by atoms with E-state index in [2.05, 4.69) is 15.8 Å². The molecule has 1 aliphatic heterocycles. The van der Waals surface area contributed by atoms with E-state index in [1.165, 1.54) is 0 Å². The van der Waals surface area contributed by atoms with Crippen molar-refractivity contribution >= 4 is 5.91 Å². The van der Waals surface area contributed by atoms with Gasteiger partial charge in [-0.2, -0.15) is 0 Å².